The fraction of sp³-hybridized carbons (Fsp3) is 0.706. The minimum absolute atomic E-state index is 0.325. The molecule has 18 heavy (non-hydrogen) atoms. The molecule has 1 aromatic heterocycles. The molecule has 1 unspecified atom stereocenters. The van der Waals surface area contributed by atoms with Crippen LogP contribution in [0.3, 0.4) is 0 Å². The summed E-state index contributed by atoms with van der Waals surface area (Å²) in [6.45, 7) is 13.0. The minimum Gasteiger partial charge on any atom is -0.261 e. The maximum Gasteiger partial charge on any atom is 0.0372 e. The van der Waals surface area contributed by atoms with E-state index in [4.69, 9.17) is 0 Å². The standard InChI is InChI=1S/C15H25N.C2H6/c1-5-7-11-15(4,10-6-2)14-9-8-13(3)16-12-14;1-2/h8-9,12H,5-7,10-11H2,1-4H3;1-2H3. The van der Waals surface area contributed by atoms with Gasteiger partial charge in [-0.15, -0.1) is 0 Å². The molecule has 0 saturated carbocycles. The number of aromatic nitrogens is 1. The smallest absolute Gasteiger partial charge is 0.0372 e. The second-order valence-corrected chi connectivity index (χ2v) is 5.10. The van der Waals surface area contributed by atoms with Gasteiger partial charge in [-0.1, -0.05) is 59.9 Å². The second kappa shape index (κ2) is 9.13. The van der Waals surface area contributed by atoms with E-state index >= 15 is 0 Å². The van der Waals surface area contributed by atoms with Gasteiger partial charge in [0.25, 0.3) is 0 Å². The Morgan fingerprint density at radius 3 is 2.17 bits per heavy atom. The van der Waals surface area contributed by atoms with E-state index in [0.29, 0.717) is 5.41 Å². The normalized spacial score (nSPS) is 13.4. The summed E-state index contributed by atoms with van der Waals surface area (Å²) in [5.74, 6) is 0. The fourth-order valence-electron chi connectivity index (χ4n) is 2.36. The van der Waals surface area contributed by atoms with Gasteiger partial charge in [0.1, 0.15) is 0 Å². The predicted octanol–water partition coefficient (Wildman–Crippen LogP) is 5.66. The topological polar surface area (TPSA) is 12.9 Å². The number of hydrogen-bond donors (Lipinski definition) is 0. The molecule has 104 valence electrons. The predicted molar refractivity (Wildman–Crippen MR) is 82.1 cm³/mol. The van der Waals surface area contributed by atoms with Crippen molar-refractivity contribution in [2.75, 3.05) is 0 Å². The number of hydrogen-bond acceptors (Lipinski definition) is 1. The van der Waals surface area contributed by atoms with Gasteiger partial charge >= 0.3 is 0 Å². The van der Waals surface area contributed by atoms with E-state index in [9.17, 15) is 0 Å². The average molecular weight is 249 g/mol. The fourth-order valence-corrected chi connectivity index (χ4v) is 2.36. The zero-order valence-electron chi connectivity index (χ0n) is 13.2. The van der Waals surface area contributed by atoms with E-state index in [-0.39, 0.29) is 0 Å². The summed E-state index contributed by atoms with van der Waals surface area (Å²) in [5, 5.41) is 0. The molecule has 1 heteroatoms. The summed E-state index contributed by atoms with van der Waals surface area (Å²) < 4.78 is 0. The summed E-state index contributed by atoms with van der Waals surface area (Å²) in [6, 6.07) is 4.39. The molecule has 0 aromatic carbocycles. The Morgan fingerprint density at radius 2 is 1.72 bits per heavy atom. The summed E-state index contributed by atoms with van der Waals surface area (Å²) in [5.41, 5.74) is 2.84. The Hall–Kier alpha value is -0.850. The molecule has 0 saturated heterocycles. The van der Waals surface area contributed by atoms with Gasteiger partial charge in [-0.25, -0.2) is 0 Å². The third kappa shape index (κ3) is 5.20. The van der Waals surface area contributed by atoms with Crippen molar-refractivity contribution in [2.45, 2.75) is 79.1 Å². The molecule has 0 fully saturated rings. The maximum atomic E-state index is 4.44. The van der Waals surface area contributed by atoms with Crippen LogP contribution in [0.15, 0.2) is 18.3 Å². The molecule has 0 aliphatic rings. The maximum absolute atomic E-state index is 4.44. The zero-order chi connectivity index (χ0) is 14.0. The molecule has 1 rings (SSSR count). The number of rotatable bonds is 6. The van der Waals surface area contributed by atoms with Crippen LogP contribution in [0.2, 0.25) is 0 Å². The van der Waals surface area contributed by atoms with E-state index in [0.717, 1.165) is 5.69 Å². The molecule has 1 heterocycles. The SMILES string of the molecule is CC.CCCCC(C)(CCC)c1ccc(C)nc1. The highest BCUT2D eigenvalue weighted by Crippen LogP contribution is 2.33. The van der Waals surface area contributed by atoms with Crippen molar-refractivity contribution in [3.63, 3.8) is 0 Å². The number of nitrogens with zero attached hydrogens (tertiary/aromatic N) is 1. The molecule has 0 N–H and O–H groups in total. The van der Waals surface area contributed by atoms with Crippen molar-refractivity contribution in [1.29, 1.82) is 0 Å². The van der Waals surface area contributed by atoms with Gasteiger partial charge in [-0.05, 0) is 36.8 Å². The molecule has 0 aliphatic carbocycles. The highest BCUT2D eigenvalue weighted by atomic mass is 14.7. The lowest BCUT2D eigenvalue weighted by molar-refractivity contribution is 0.381. The van der Waals surface area contributed by atoms with E-state index < -0.39 is 0 Å². The van der Waals surface area contributed by atoms with E-state index in [1.165, 1.54) is 37.7 Å². The first-order valence-electron chi connectivity index (χ1n) is 7.55. The lowest BCUT2D eigenvalue weighted by Crippen LogP contribution is -2.22. The van der Waals surface area contributed by atoms with Crippen molar-refractivity contribution in [2.24, 2.45) is 0 Å². The minimum atomic E-state index is 0.325. The van der Waals surface area contributed by atoms with Gasteiger partial charge in [0.2, 0.25) is 0 Å². The lowest BCUT2D eigenvalue weighted by Gasteiger charge is -2.29. The second-order valence-electron chi connectivity index (χ2n) is 5.10. The molecule has 0 radical (unpaired) electrons. The van der Waals surface area contributed by atoms with Gasteiger partial charge in [-0.2, -0.15) is 0 Å². The van der Waals surface area contributed by atoms with Gasteiger partial charge in [0.15, 0.2) is 0 Å². The molecule has 1 aromatic rings. The Balaban J connectivity index is 0.00000137. The molecular formula is C17H31N. The van der Waals surface area contributed by atoms with E-state index in [2.05, 4.69) is 44.1 Å². The summed E-state index contributed by atoms with van der Waals surface area (Å²) >= 11 is 0. The van der Waals surface area contributed by atoms with Crippen molar-refractivity contribution >= 4 is 0 Å². The highest BCUT2D eigenvalue weighted by molar-refractivity contribution is 5.22. The Labute approximate surface area is 114 Å². The van der Waals surface area contributed by atoms with Gasteiger partial charge in [0, 0.05) is 11.9 Å². The number of aryl methyl sites for hydroxylation is 1. The monoisotopic (exact) mass is 249 g/mol. The Bertz CT molecular complexity index is 302. The summed E-state index contributed by atoms with van der Waals surface area (Å²) in [6.07, 6.45) is 8.44. The molecule has 1 nitrogen and oxygen atoms in total. The van der Waals surface area contributed by atoms with Gasteiger partial charge in [0.05, 0.1) is 0 Å². The highest BCUT2D eigenvalue weighted by Gasteiger charge is 2.25. The van der Waals surface area contributed by atoms with E-state index in [1.54, 1.807) is 0 Å². The van der Waals surface area contributed by atoms with Crippen LogP contribution in [0, 0.1) is 6.92 Å². The molecular weight excluding hydrogens is 218 g/mol. The third-order valence-corrected chi connectivity index (χ3v) is 3.49. The van der Waals surface area contributed by atoms with Crippen LogP contribution in [0.4, 0.5) is 0 Å². The van der Waals surface area contributed by atoms with Gasteiger partial charge < -0.3 is 0 Å². The van der Waals surface area contributed by atoms with Crippen LogP contribution in [0.5, 0.6) is 0 Å². The molecule has 0 aliphatic heterocycles. The molecule has 0 spiro atoms. The first-order valence-corrected chi connectivity index (χ1v) is 7.55. The lowest BCUT2D eigenvalue weighted by atomic mass is 9.75. The van der Waals surface area contributed by atoms with E-state index in [1.807, 2.05) is 20.8 Å². The van der Waals surface area contributed by atoms with Crippen LogP contribution in [-0.2, 0) is 5.41 Å². The summed E-state index contributed by atoms with van der Waals surface area (Å²) in [7, 11) is 0. The average Bonchev–Trinajstić information content (AvgIpc) is 2.40. The van der Waals surface area contributed by atoms with Crippen LogP contribution < -0.4 is 0 Å². The number of pyridine rings is 1. The molecule has 1 atom stereocenters. The zero-order valence-corrected chi connectivity index (χ0v) is 13.2. The Morgan fingerprint density at radius 1 is 1.06 bits per heavy atom. The van der Waals surface area contributed by atoms with Crippen LogP contribution in [-0.4, -0.2) is 4.98 Å². The van der Waals surface area contributed by atoms with Gasteiger partial charge in [-0.3, -0.25) is 4.98 Å². The van der Waals surface area contributed by atoms with Crippen LogP contribution >= 0.6 is 0 Å². The largest absolute Gasteiger partial charge is 0.261 e. The molecule has 0 bridgehead atoms. The quantitative estimate of drug-likeness (QED) is 0.633. The summed E-state index contributed by atoms with van der Waals surface area (Å²) in [4.78, 5) is 4.44. The van der Waals surface area contributed by atoms with Crippen molar-refractivity contribution in [3.05, 3.63) is 29.6 Å². The first-order chi connectivity index (χ1) is 8.62. The van der Waals surface area contributed by atoms with Crippen molar-refractivity contribution < 1.29 is 0 Å². The first kappa shape index (κ1) is 17.2. The van der Waals surface area contributed by atoms with Crippen molar-refractivity contribution in [1.82, 2.24) is 4.98 Å². The molecule has 0 amide bonds. The third-order valence-electron chi connectivity index (χ3n) is 3.49. The van der Waals surface area contributed by atoms with Crippen molar-refractivity contribution in [3.8, 4) is 0 Å². The van der Waals surface area contributed by atoms with Crippen LogP contribution in [0.1, 0.15) is 78.0 Å². The Kier molecular flexibility index (Phi) is 8.70. The van der Waals surface area contributed by atoms with Crippen LogP contribution in [0.25, 0.3) is 0 Å². The number of unbranched alkanes of at least 4 members (excludes halogenated alkanes) is 1.